The molecule has 2 aromatic rings. The average Bonchev–Trinajstić information content (AvgIpc) is 2.49. The van der Waals surface area contributed by atoms with E-state index in [4.69, 9.17) is 11.6 Å². The molecule has 1 aromatic heterocycles. The summed E-state index contributed by atoms with van der Waals surface area (Å²) < 4.78 is 0. The van der Waals surface area contributed by atoms with Crippen LogP contribution in [-0.4, -0.2) is 17.0 Å². The van der Waals surface area contributed by atoms with Gasteiger partial charge in [0.05, 0.1) is 0 Å². The molecule has 0 bridgehead atoms. The SMILES string of the molecule is CCCc1c(Cl)ncnc1N(C)c1ccc(CC)cc1. The quantitative estimate of drug-likeness (QED) is 0.763. The lowest BCUT2D eigenvalue weighted by Gasteiger charge is -2.21. The van der Waals surface area contributed by atoms with Crippen LogP contribution in [0.3, 0.4) is 0 Å². The van der Waals surface area contributed by atoms with Crippen LogP contribution in [0, 0.1) is 0 Å². The van der Waals surface area contributed by atoms with Crippen molar-refractivity contribution in [2.75, 3.05) is 11.9 Å². The number of nitrogens with zero attached hydrogens (tertiary/aromatic N) is 3. The van der Waals surface area contributed by atoms with E-state index < -0.39 is 0 Å². The van der Waals surface area contributed by atoms with Gasteiger partial charge in [-0.1, -0.05) is 44.0 Å². The van der Waals surface area contributed by atoms with Gasteiger partial charge >= 0.3 is 0 Å². The van der Waals surface area contributed by atoms with Gasteiger partial charge in [-0.15, -0.1) is 0 Å². The van der Waals surface area contributed by atoms with Crippen LogP contribution in [0.25, 0.3) is 0 Å². The van der Waals surface area contributed by atoms with E-state index in [0.717, 1.165) is 36.3 Å². The van der Waals surface area contributed by atoms with Crippen molar-refractivity contribution in [3.05, 3.63) is 46.9 Å². The Labute approximate surface area is 125 Å². The van der Waals surface area contributed by atoms with E-state index in [2.05, 4.69) is 53.0 Å². The summed E-state index contributed by atoms with van der Waals surface area (Å²) in [4.78, 5) is 10.6. The van der Waals surface area contributed by atoms with Crippen LogP contribution in [0.15, 0.2) is 30.6 Å². The number of hydrogen-bond donors (Lipinski definition) is 0. The molecule has 0 saturated heterocycles. The van der Waals surface area contributed by atoms with Gasteiger partial charge in [-0.05, 0) is 30.5 Å². The molecule has 2 rings (SSSR count). The first kappa shape index (κ1) is 14.8. The fourth-order valence-corrected chi connectivity index (χ4v) is 2.44. The zero-order valence-electron chi connectivity index (χ0n) is 12.2. The van der Waals surface area contributed by atoms with E-state index in [9.17, 15) is 0 Å². The van der Waals surface area contributed by atoms with Crippen LogP contribution in [0.4, 0.5) is 11.5 Å². The molecule has 1 heterocycles. The van der Waals surface area contributed by atoms with Crippen LogP contribution < -0.4 is 4.90 Å². The summed E-state index contributed by atoms with van der Waals surface area (Å²) in [5.41, 5.74) is 3.45. The van der Waals surface area contributed by atoms with Gasteiger partial charge in [-0.2, -0.15) is 0 Å². The molecule has 0 aliphatic carbocycles. The average molecular weight is 290 g/mol. The normalized spacial score (nSPS) is 10.6. The van der Waals surface area contributed by atoms with E-state index in [1.54, 1.807) is 0 Å². The van der Waals surface area contributed by atoms with Crippen LogP contribution in [-0.2, 0) is 12.8 Å². The molecule has 4 heteroatoms. The number of hydrogen-bond acceptors (Lipinski definition) is 3. The third kappa shape index (κ3) is 3.10. The minimum Gasteiger partial charge on any atom is -0.329 e. The Bertz CT molecular complexity index is 566. The Morgan fingerprint density at radius 3 is 2.40 bits per heavy atom. The lowest BCUT2D eigenvalue weighted by Crippen LogP contribution is -2.14. The molecule has 0 radical (unpaired) electrons. The first-order valence-corrected chi connectivity index (χ1v) is 7.37. The molecule has 0 spiro atoms. The Hall–Kier alpha value is -1.61. The number of rotatable bonds is 5. The Morgan fingerprint density at radius 1 is 1.10 bits per heavy atom. The second kappa shape index (κ2) is 6.71. The Kier molecular flexibility index (Phi) is 4.96. The highest BCUT2D eigenvalue weighted by molar-refractivity contribution is 6.30. The van der Waals surface area contributed by atoms with Crippen LogP contribution in [0.5, 0.6) is 0 Å². The topological polar surface area (TPSA) is 29.0 Å². The maximum absolute atomic E-state index is 6.21. The molecular formula is C16H20ClN3. The molecule has 106 valence electrons. The van der Waals surface area contributed by atoms with Gasteiger partial charge in [0.1, 0.15) is 17.3 Å². The highest BCUT2D eigenvalue weighted by atomic mass is 35.5. The van der Waals surface area contributed by atoms with Gasteiger partial charge in [0.2, 0.25) is 0 Å². The maximum atomic E-state index is 6.21. The van der Waals surface area contributed by atoms with E-state index in [1.165, 1.54) is 11.9 Å². The highest BCUT2D eigenvalue weighted by Gasteiger charge is 2.14. The van der Waals surface area contributed by atoms with E-state index in [-0.39, 0.29) is 0 Å². The molecule has 0 saturated carbocycles. The second-order valence-electron chi connectivity index (χ2n) is 4.80. The number of anilines is 2. The molecule has 0 amide bonds. The van der Waals surface area contributed by atoms with Crippen molar-refractivity contribution in [2.24, 2.45) is 0 Å². The van der Waals surface area contributed by atoms with Gasteiger partial charge in [0.25, 0.3) is 0 Å². The first-order valence-electron chi connectivity index (χ1n) is 6.99. The number of aryl methyl sites for hydroxylation is 1. The molecule has 20 heavy (non-hydrogen) atoms. The van der Waals surface area contributed by atoms with Gasteiger partial charge in [-0.25, -0.2) is 9.97 Å². The van der Waals surface area contributed by atoms with E-state index in [1.807, 2.05) is 7.05 Å². The molecule has 0 N–H and O–H groups in total. The summed E-state index contributed by atoms with van der Waals surface area (Å²) in [5, 5.41) is 0.550. The van der Waals surface area contributed by atoms with Crippen LogP contribution >= 0.6 is 11.6 Å². The summed E-state index contributed by atoms with van der Waals surface area (Å²) in [5.74, 6) is 0.885. The first-order chi connectivity index (χ1) is 9.67. The van der Waals surface area contributed by atoms with Crippen molar-refractivity contribution in [3.8, 4) is 0 Å². The molecule has 3 nitrogen and oxygen atoms in total. The number of aromatic nitrogens is 2. The third-order valence-corrected chi connectivity index (χ3v) is 3.75. The Morgan fingerprint density at radius 2 is 1.80 bits per heavy atom. The van der Waals surface area contributed by atoms with Crippen molar-refractivity contribution in [1.29, 1.82) is 0 Å². The standard InChI is InChI=1S/C16H20ClN3/c1-4-6-14-15(17)18-11-19-16(14)20(3)13-9-7-12(5-2)8-10-13/h7-11H,4-6H2,1-3H3. The van der Waals surface area contributed by atoms with Gasteiger partial charge in [0.15, 0.2) is 0 Å². The second-order valence-corrected chi connectivity index (χ2v) is 5.15. The van der Waals surface area contributed by atoms with Crippen LogP contribution in [0.2, 0.25) is 5.15 Å². The van der Waals surface area contributed by atoms with Crippen molar-refractivity contribution in [1.82, 2.24) is 9.97 Å². The molecule has 1 aromatic carbocycles. The van der Waals surface area contributed by atoms with Gasteiger partial charge in [0, 0.05) is 18.3 Å². The fraction of sp³-hybridized carbons (Fsp3) is 0.375. The summed E-state index contributed by atoms with van der Waals surface area (Å²) in [7, 11) is 2.01. The molecule has 0 aliphatic heterocycles. The molecule has 0 fully saturated rings. The molecule has 0 aliphatic rings. The minimum absolute atomic E-state index is 0.550. The molecular weight excluding hydrogens is 270 g/mol. The van der Waals surface area contributed by atoms with Gasteiger partial charge in [-0.3, -0.25) is 0 Å². The predicted molar refractivity (Wildman–Crippen MR) is 84.9 cm³/mol. The lowest BCUT2D eigenvalue weighted by atomic mass is 10.1. The number of halogens is 1. The lowest BCUT2D eigenvalue weighted by molar-refractivity contribution is 0.891. The van der Waals surface area contributed by atoms with Gasteiger partial charge < -0.3 is 4.90 Å². The van der Waals surface area contributed by atoms with Crippen molar-refractivity contribution in [3.63, 3.8) is 0 Å². The smallest absolute Gasteiger partial charge is 0.140 e. The fourth-order valence-electron chi connectivity index (χ4n) is 2.21. The zero-order chi connectivity index (χ0) is 14.5. The zero-order valence-corrected chi connectivity index (χ0v) is 13.0. The summed E-state index contributed by atoms with van der Waals surface area (Å²) >= 11 is 6.21. The Balaban J connectivity index is 2.36. The maximum Gasteiger partial charge on any atom is 0.140 e. The molecule has 0 unspecified atom stereocenters. The summed E-state index contributed by atoms with van der Waals surface area (Å²) in [6, 6.07) is 8.53. The van der Waals surface area contributed by atoms with Crippen molar-refractivity contribution in [2.45, 2.75) is 33.1 Å². The van der Waals surface area contributed by atoms with Crippen molar-refractivity contribution >= 4 is 23.1 Å². The van der Waals surface area contributed by atoms with Crippen LogP contribution in [0.1, 0.15) is 31.4 Å². The number of benzene rings is 1. The minimum atomic E-state index is 0.550. The predicted octanol–water partition coefficient (Wildman–Crippen LogP) is 4.41. The molecule has 0 atom stereocenters. The van der Waals surface area contributed by atoms with Crippen molar-refractivity contribution < 1.29 is 0 Å². The highest BCUT2D eigenvalue weighted by Crippen LogP contribution is 2.29. The monoisotopic (exact) mass is 289 g/mol. The largest absolute Gasteiger partial charge is 0.329 e. The van der Waals surface area contributed by atoms with E-state index in [0.29, 0.717) is 5.15 Å². The summed E-state index contributed by atoms with van der Waals surface area (Å²) in [6.07, 6.45) is 4.47. The van der Waals surface area contributed by atoms with E-state index >= 15 is 0 Å². The third-order valence-electron chi connectivity index (χ3n) is 3.42. The summed E-state index contributed by atoms with van der Waals surface area (Å²) in [6.45, 7) is 4.28.